The van der Waals surface area contributed by atoms with Gasteiger partial charge in [0.15, 0.2) is 0 Å². The first-order valence-electron chi connectivity index (χ1n) is 20.3. The standard InChI is InChI=1S/C37H54O4S2.C2H5.3CH3.2Sn/c1-4-6-8-10-12-14-16-18-20-22-25-40-36(38)32-30-24-27-42-34(30)33(31-28-29(3)43-35(31)32)37(39)41-26-23-21-19-17-15-13-11-9-7-5-2;1-2;;;;;/h24,28H,3-23,25-26H2,1-2H3;1H2,2H3;3*1H3;;. The molecular weight excluding hydrogens is 870 g/mol. The van der Waals surface area contributed by atoms with Crippen molar-refractivity contribution in [3.8, 4) is 0 Å². The van der Waals surface area contributed by atoms with Gasteiger partial charge in [-0.1, -0.05) is 78.1 Å². The number of hydrogen-bond acceptors (Lipinski definition) is 6. The molecule has 0 aliphatic heterocycles. The van der Waals surface area contributed by atoms with Gasteiger partial charge in [-0.05, 0) is 0 Å². The molecule has 0 aliphatic carbocycles. The molecule has 3 aromatic rings. The van der Waals surface area contributed by atoms with Crippen LogP contribution >= 0.6 is 22.7 Å². The molecule has 1 aromatic carbocycles. The molecule has 0 unspecified atom stereocenters. The van der Waals surface area contributed by atoms with E-state index in [2.05, 4.69) is 47.7 Å². The maximum absolute atomic E-state index is 14.0. The van der Waals surface area contributed by atoms with Crippen molar-refractivity contribution in [2.75, 3.05) is 13.2 Å². The normalized spacial score (nSPS) is 12.0. The van der Waals surface area contributed by atoms with Gasteiger partial charge >= 0.3 is 252 Å². The van der Waals surface area contributed by atoms with Crippen LogP contribution in [0.2, 0.25) is 19.3 Å². The van der Waals surface area contributed by atoms with E-state index in [4.69, 9.17) is 9.47 Å². The topological polar surface area (TPSA) is 52.6 Å². The summed E-state index contributed by atoms with van der Waals surface area (Å²) in [5.41, 5.74) is 1.37. The first-order valence-corrected chi connectivity index (χ1v) is 36.0. The van der Waals surface area contributed by atoms with Crippen LogP contribution in [-0.4, -0.2) is 64.7 Å². The predicted octanol–water partition coefficient (Wildman–Crippen LogP) is 13.5. The summed E-state index contributed by atoms with van der Waals surface area (Å²) >= 11 is 0.421. The molecular formula is C42H68O4S2Sn2. The molecule has 280 valence electrons. The molecule has 8 heteroatoms. The number of unbranched alkanes of at least 4 members (excludes halogenated alkanes) is 18. The van der Waals surface area contributed by atoms with Crippen LogP contribution in [-0.2, 0) is 13.9 Å². The van der Waals surface area contributed by atoms with Crippen molar-refractivity contribution in [2.45, 2.75) is 173 Å². The Morgan fingerprint density at radius 2 is 0.980 bits per heavy atom. The van der Waals surface area contributed by atoms with Gasteiger partial charge in [-0.3, -0.25) is 0 Å². The van der Waals surface area contributed by atoms with Gasteiger partial charge < -0.3 is 0 Å². The van der Waals surface area contributed by atoms with E-state index in [9.17, 15) is 9.59 Å². The van der Waals surface area contributed by atoms with Gasteiger partial charge in [0, 0.05) is 0 Å². The second kappa shape index (κ2) is 24.9. The number of carbonyl (C=O) groups is 2. The van der Waals surface area contributed by atoms with Crippen molar-refractivity contribution in [1.29, 1.82) is 0 Å². The van der Waals surface area contributed by atoms with E-state index in [0.717, 1.165) is 50.3 Å². The van der Waals surface area contributed by atoms with Crippen LogP contribution < -0.4 is 2.89 Å². The van der Waals surface area contributed by atoms with Crippen molar-refractivity contribution in [2.24, 2.45) is 0 Å². The summed E-state index contributed by atoms with van der Waals surface area (Å²) in [7, 11) is 0. The maximum atomic E-state index is 14.0. The number of benzene rings is 1. The average Bonchev–Trinajstić information content (AvgIpc) is 3.72. The van der Waals surface area contributed by atoms with Crippen LogP contribution in [0.5, 0.6) is 0 Å². The van der Waals surface area contributed by atoms with E-state index in [1.165, 1.54) is 115 Å². The van der Waals surface area contributed by atoms with E-state index in [1.807, 2.05) is 0 Å². The minimum atomic E-state index is -2.52. The molecule has 0 saturated heterocycles. The van der Waals surface area contributed by atoms with Crippen LogP contribution in [0.15, 0.2) is 12.1 Å². The fourth-order valence-corrected chi connectivity index (χ4v) is 17.1. The van der Waals surface area contributed by atoms with Gasteiger partial charge in [0.05, 0.1) is 0 Å². The summed E-state index contributed by atoms with van der Waals surface area (Å²) < 4.78 is 17.7. The van der Waals surface area contributed by atoms with Gasteiger partial charge in [-0.15, -0.1) is 0 Å². The Bertz CT molecular complexity index is 1330. The van der Waals surface area contributed by atoms with Gasteiger partial charge in [-0.25, -0.2) is 0 Å². The van der Waals surface area contributed by atoms with Crippen LogP contribution in [0.4, 0.5) is 0 Å². The number of carbonyl (C=O) groups excluding carboxylic acids is 2. The summed E-state index contributed by atoms with van der Waals surface area (Å²) in [5, 5.41) is 1.82. The summed E-state index contributed by atoms with van der Waals surface area (Å²) in [6.45, 7) is 7.73. The van der Waals surface area contributed by atoms with Crippen LogP contribution in [0.1, 0.15) is 175 Å². The molecule has 0 fully saturated rings. The van der Waals surface area contributed by atoms with Crippen LogP contribution in [0.3, 0.4) is 0 Å². The number of esters is 2. The van der Waals surface area contributed by atoms with E-state index in [0.29, 0.717) is 24.3 Å². The fourth-order valence-electron chi connectivity index (χ4n) is 6.58. The molecule has 0 amide bonds. The molecule has 0 N–H and O–H groups in total. The summed E-state index contributed by atoms with van der Waals surface area (Å²) in [6, 6.07) is 4.46. The SMILES string of the molecule is CCCCCCCCCCCCOC(=O)c1c2c[c]([Sn]([CH3])([CH3])[CH3])sc2c(C(=O)OCCCCCCCCCCCC)c2cc([CH2][Sn][CH2]C)sc12. The first kappa shape index (κ1) is 44.1. The summed E-state index contributed by atoms with van der Waals surface area (Å²) in [4.78, 5) is 36.5. The van der Waals surface area contributed by atoms with Crippen LogP contribution in [0, 0.1) is 0 Å². The second-order valence-electron chi connectivity index (χ2n) is 15.2. The van der Waals surface area contributed by atoms with E-state index >= 15 is 0 Å². The Kier molecular flexibility index (Phi) is 21.9. The van der Waals surface area contributed by atoms with Crippen molar-refractivity contribution >= 4 is 97.2 Å². The molecule has 2 radical (unpaired) electrons. The third kappa shape index (κ3) is 14.8. The first-order chi connectivity index (χ1) is 24.2. The summed E-state index contributed by atoms with van der Waals surface area (Å²) in [6.07, 6.45) is 25.1. The molecule has 0 spiro atoms. The van der Waals surface area contributed by atoms with Crippen molar-refractivity contribution < 1.29 is 19.1 Å². The number of thiophene rings is 2. The van der Waals surface area contributed by atoms with E-state index in [1.54, 1.807) is 22.7 Å². The third-order valence-electron chi connectivity index (χ3n) is 9.67. The molecule has 50 heavy (non-hydrogen) atoms. The Hall–Kier alpha value is -0.323. The number of ether oxygens (including phenoxy) is 2. The molecule has 3 rings (SSSR count). The molecule has 4 nitrogen and oxygen atoms in total. The molecule has 0 bridgehead atoms. The number of fused-ring (bicyclic) bond motifs is 2. The molecule has 0 aliphatic rings. The molecule has 2 aromatic heterocycles. The monoisotopic (exact) mass is 940 g/mol. The predicted molar refractivity (Wildman–Crippen MR) is 224 cm³/mol. The van der Waals surface area contributed by atoms with E-state index in [-0.39, 0.29) is 11.9 Å². The van der Waals surface area contributed by atoms with E-state index < -0.39 is 39.5 Å². The quantitative estimate of drug-likeness (QED) is 0.0413. The molecule has 2 heterocycles. The third-order valence-corrected chi connectivity index (χ3v) is 25.4. The van der Waals surface area contributed by atoms with Crippen molar-refractivity contribution in [1.82, 2.24) is 0 Å². The fraction of sp³-hybridized carbons (Fsp3) is 0.714. The Morgan fingerprint density at radius 3 is 1.40 bits per heavy atom. The van der Waals surface area contributed by atoms with Gasteiger partial charge in [0.25, 0.3) is 0 Å². The second-order valence-corrected chi connectivity index (χ2v) is 37.3. The van der Waals surface area contributed by atoms with Gasteiger partial charge in [-0.2, -0.15) is 0 Å². The van der Waals surface area contributed by atoms with Crippen LogP contribution in [0.25, 0.3) is 20.2 Å². The zero-order valence-corrected chi connectivity index (χ0v) is 39.9. The van der Waals surface area contributed by atoms with Gasteiger partial charge in [0.2, 0.25) is 0 Å². The zero-order chi connectivity index (χ0) is 36.2. The van der Waals surface area contributed by atoms with Gasteiger partial charge in [0.1, 0.15) is 0 Å². The van der Waals surface area contributed by atoms with Crippen molar-refractivity contribution in [3.05, 3.63) is 28.1 Å². The average molecular weight is 939 g/mol. The summed E-state index contributed by atoms with van der Waals surface area (Å²) in [5.74, 6) is -0.447. The Balaban J connectivity index is 1.73. The number of rotatable bonds is 28. The Labute approximate surface area is 327 Å². The molecule has 0 atom stereocenters. The zero-order valence-electron chi connectivity index (χ0n) is 32.6. The molecule has 0 saturated carbocycles. The van der Waals surface area contributed by atoms with Crippen molar-refractivity contribution in [3.63, 3.8) is 0 Å². The minimum absolute atomic E-state index is 0.224. The Morgan fingerprint density at radius 1 is 0.580 bits per heavy atom. The number of hydrogen-bond donors (Lipinski definition) is 0.